The van der Waals surface area contributed by atoms with Gasteiger partial charge in [-0.3, -0.25) is 19.9 Å². The zero-order valence-corrected chi connectivity index (χ0v) is 22.6. The van der Waals surface area contributed by atoms with Gasteiger partial charge >= 0.3 is 0 Å². The molecule has 4 aromatic heterocycles. The van der Waals surface area contributed by atoms with Gasteiger partial charge < -0.3 is 5.11 Å². The Morgan fingerprint density at radius 3 is 0.848 bits per heavy atom. The number of aliphatic hydroxyl groups is 1. The third-order valence-corrected chi connectivity index (χ3v) is 3.18. The van der Waals surface area contributed by atoms with Gasteiger partial charge in [0.05, 0.1) is 22.8 Å². The molecule has 33 heavy (non-hydrogen) atoms. The largest absolute Gasteiger partial charge is 0.394 e. The second-order valence-corrected chi connectivity index (χ2v) is 10.5. The molecular formula is C26H34N4OPRu+. The van der Waals surface area contributed by atoms with Crippen molar-refractivity contribution in [1.82, 2.24) is 19.9 Å². The smallest absolute Gasteiger partial charge is 0.0886 e. The first-order valence-corrected chi connectivity index (χ1v) is 13.5. The molecule has 5 nitrogen and oxygen atoms in total. The standard InChI is InChI=1S/2C10H8N2.C3H8O.C3H9P.Ru/c2*1-3-7-11-9(5-1)10-6-2-4-8-12-10;1-3(2)4;1-4(2)3;/h2*1-8H;3-4H,1-2H3;1-3H3;/p+1. The monoisotopic (exact) mass is 551 g/mol. The summed E-state index contributed by atoms with van der Waals surface area (Å²) in [5.41, 5.74) is 3.66. The van der Waals surface area contributed by atoms with Crippen LogP contribution in [-0.4, -0.2) is 51.1 Å². The molecule has 0 radical (unpaired) electrons. The molecule has 0 saturated carbocycles. The van der Waals surface area contributed by atoms with Crippen LogP contribution in [0.2, 0.25) is 0 Å². The summed E-state index contributed by atoms with van der Waals surface area (Å²) in [6, 6.07) is 23.2. The van der Waals surface area contributed by atoms with Crippen LogP contribution in [0.3, 0.4) is 0 Å². The molecule has 0 bridgehead atoms. The van der Waals surface area contributed by atoms with E-state index in [9.17, 15) is 0 Å². The van der Waals surface area contributed by atoms with Gasteiger partial charge in [0.1, 0.15) is 0 Å². The second-order valence-electron chi connectivity index (χ2n) is 7.45. The summed E-state index contributed by atoms with van der Waals surface area (Å²) in [4.78, 5) is 16.7. The number of hydrogen-bond donors (Lipinski definition) is 1. The molecule has 0 aliphatic carbocycles. The first kappa shape index (κ1) is 30.6. The predicted molar refractivity (Wildman–Crippen MR) is 138 cm³/mol. The van der Waals surface area contributed by atoms with Crippen molar-refractivity contribution in [2.75, 3.05) is 20.0 Å². The topological polar surface area (TPSA) is 71.8 Å². The van der Waals surface area contributed by atoms with Crippen LogP contribution in [0.1, 0.15) is 13.8 Å². The molecule has 4 heterocycles. The van der Waals surface area contributed by atoms with E-state index < -0.39 is 0 Å². The Labute approximate surface area is 212 Å². The molecule has 0 saturated heterocycles. The minimum Gasteiger partial charge on any atom is -0.394 e. The molecule has 0 aromatic carbocycles. The zero-order chi connectivity index (χ0) is 23.6. The van der Waals surface area contributed by atoms with Gasteiger partial charge in [0, 0.05) is 70.4 Å². The van der Waals surface area contributed by atoms with E-state index in [0.29, 0.717) is 0 Å². The van der Waals surface area contributed by atoms with Crippen molar-refractivity contribution in [1.29, 1.82) is 0 Å². The Balaban J connectivity index is 0.000000462. The van der Waals surface area contributed by atoms with E-state index in [1.165, 1.54) is 0 Å². The maximum Gasteiger partial charge on any atom is 0.0886 e. The van der Waals surface area contributed by atoms with Crippen molar-refractivity contribution < 1.29 is 24.6 Å². The molecule has 0 atom stereocenters. The van der Waals surface area contributed by atoms with E-state index >= 15 is 0 Å². The number of pyridine rings is 4. The third-order valence-electron chi connectivity index (χ3n) is 3.18. The maximum atomic E-state index is 8.06. The molecule has 4 aromatic rings. The molecule has 0 spiro atoms. The van der Waals surface area contributed by atoms with Crippen LogP contribution in [-0.2, 0) is 19.5 Å². The molecule has 0 fully saturated rings. The van der Waals surface area contributed by atoms with E-state index in [2.05, 4.69) is 39.9 Å². The van der Waals surface area contributed by atoms with Crippen molar-refractivity contribution in [3.63, 3.8) is 0 Å². The zero-order valence-electron chi connectivity index (χ0n) is 19.9. The van der Waals surface area contributed by atoms with Gasteiger partial charge in [0.15, 0.2) is 0 Å². The number of aliphatic hydroxyl groups excluding tert-OH is 1. The van der Waals surface area contributed by atoms with Gasteiger partial charge in [-0.2, -0.15) is 0 Å². The Morgan fingerprint density at radius 2 is 0.727 bits per heavy atom. The molecule has 176 valence electrons. The molecule has 0 aliphatic rings. The first-order valence-electron chi connectivity index (χ1n) is 10.5. The van der Waals surface area contributed by atoms with Gasteiger partial charge in [-0.25, -0.2) is 0 Å². The van der Waals surface area contributed by atoms with Gasteiger partial charge in [-0.15, -0.1) is 0 Å². The quantitative estimate of drug-likeness (QED) is 0.254. The normalized spacial score (nSPS) is 9.21. The Hall–Kier alpha value is -2.39. The van der Waals surface area contributed by atoms with Gasteiger partial charge in [0.2, 0.25) is 0 Å². The van der Waals surface area contributed by atoms with Crippen LogP contribution in [0.5, 0.6) is 0 Å². The number of hydrogen-bond acceptors (Lipinski definition) is 5. The van der Waals surface area contributed by atoms with E-state index in [4.69, 9.17) is 5.11 Å². The number of nitrogens with zero attached hydrogens (tertiary/aromatic N) is 4. The predicted octanol–water partition coefficient (Wildman–Crippen LogP) is 5.76. The van der Waals surface area contributed by atoms with Crippen LogP contribution in [0.25, 0.3) is 22.8 Å². The second kappa shape index (κ2) is 19.1. The van der Waals surface area contributed by atoms with Gasteiger partial charge in [0.25, 0.3) is 0 Å². The van der Waals surface area contributed by atoms with Crippen molar-refractivity contribution in [2.45, 2.75) is 20.0 Å². The van der Waals surface area contributed by atoms with Crippen molar-refractivity contribution in [2.24, 2.45) is 0 Å². The molecule has 7 heteroatoms. The summed E-state index contributed by atoms with van der Waals surface area (Å²) in [5, 5.41) is 8.06. The summed E-state index contributed by atoms with van der Waals surface area (Å²) < 4.78 is 0. The molecule has 1 N–H and O–H groups in total. The molecular weight excluding hydrogens is 516 g/mol. The van der Waals surface area contributed by atoms with E-state index in [1.807, 2.05) is 72.8 Å². The fraction of sp³-hybridized carbons (Fsp3) is 0.231. The number of aromatic nitrogens is 4. The SMILES string of the molecule is CC(C)O.C[PH+](C)C.[Ru].c1ccc(-c2ccccn2)nc1.c1ccc(-c2ccccn2)nc1. The minimum atomic E-state index is -0.167. The molecule has 0 aliphatic heterocycles. The third kappa shape index (κ3) is 16.0. The fourth-order valence-electron chi connectivity index (χ4n) is 2.06. The molecule has 0 amide bonds. The average Bonchev–Trinajstić information content (AvgIpc) is 2.81. The molecule has 0 unspecified atom stereocenters. The van der Waals surface area contributed by atoms with Gasteiger partial charge in [-0.05, 0) is 70.3 Å². The van der Waals surface area contributed by atoms with Crippen LogP contribution in [0.4, 0.5) is 0 Å². The summed E-state index contributed by atoms with van der Waals surface area (Å²) in [6.07, 6.45) is 6.90. The fourth-order valence-corrected chi connectivity index (χ4v) is 2.06. The van der Waals surface area contributed by atoms with Crippen molar-refractivity contribution in [3.8, 4) is 22.8 Å². The van der Waals surface area contributed by atoms with Crippen molar-refractivity contribution >= 4 is 7.92 Å². The Kier molecular flexibility index (Phi) is 17.7. The molecule has 4 rings (SSSR count). The summed E-state index contributed by atoms with van der Waals surface area (Å²) in [5.74, 6) is 0. The maximum absolute atomic E-state index is 8.06. The first-order chi connectivity index (χ1) is 15.4. The van der Waals surface area contributed by atoms with Crippen LogP contribution in [0, 0.1) is 0 Å². The van der Waals surface area contributed by atoms with E-state index in [-0.39, 0.29) is 33.5 Å². The van der Waals surface area contributed by atoms with E-state index in [0.717, 1.165) is 22.8 Å². The van der Waals surface area contributed by atoms with Gasteiger partial charge in [-0.1, -0.05) is 24.3 Å². The van der Waals surface area contributed by atoms with Crippen LogP contribution < -0.4 is 0 Å². The Bertz CT molecular complexity index is 783. The van der Waals surface area contributed by atoms with Crippen LogP contribution >= 0.6 is 7.92 Å². The summed E-state index contributed by atoms with van der Waals surface area (Å²) in [6.45, 7) is 10.3. The summed E-state index contributed by atoms with van der Waals surface area (Å²) >= 11 is 0. The summed E-state index contributed by atoms with van der Waals surface area (Å²) in [7, 11) is 0.120. The number of rotatable bonds is 2. The van der Waals surface area contributed by atoms with Crippen molar-refractivity contribution in [3.05, 3.63) is 97.6 Å². The Morgan fingerprint density at radius 1 is 0.545 bits per heavy atom. The van der Waals surface area contributed by atoms with E-state index in [1.54, 1.807) is 38.6 Å². The minimum absolute atomic E-state index is 0. The average molecular weight is 551 g/mol. The van der Waals surface area contributed by atoms with Crippen LogP contribution in [0.15, 0.2) is 97.6 Å².